The van der Waals surface area contributed by atoms with Crippen molar-refractivity contribution in [1.29, 1.82) is 5.26 Å². The van der Waals surface area contributed by atoms with E-state index in [1.165, 1.54) is 0 Å². The van der Waals surface area contributed by atoms with E-state index in [2.05, 4.69) is 11.1 Å². The van der Waals surface area contributed by atoms with Crippen LogP contribution in [0.1, 0.15) is 12.5 Å². The second kappa shape index (κ2) is 5.17. The van der Waals surface area contributed by atoms with Gasteiger partial charge in [0.25, 0.3) is 0 Å². The number of ether oxygens (including phenoxy) is 1. The fourth-order valence-electron chi connectivity index (χ4n) is 2.31. The minimum absolute atomic E-state index is 0.383. The van der Waals surface area contributed by atoms with E-state index in [4.69, 9.17) is 15.7 Å². The maximum Gasteiger partial charge on any atom is 0.205 e. The molecule has 3 aromatic rings. The van der Waals surface area contributed by atoms with Crippen LogP contribution in [0.4, 0.5) is 5.95 Å². The van der Waals surface area contributed by atoms with Crippen LogP contribution in [0.5, 0.6) is 5.75 Å². The van der Waals surface area contributed by atoms with Crippen LogP contribution >= 0.6 is 0 Å². The first-order valence-electron chi connectivity index (χ1n) is 6.64. The van der Waals surface area contributed by atoms with E-state index >= 15 is 0 Å². The zero-order valence-corrected chi connectivity index (χ0v) is 11.6. The van der Waals surface area contributed by atoms with Gasteiger partial charge in [0, 0.05) is 6.07 Å². The van der Waals surface area contributed by atoms with Gasteiger partial charge in [0.15, 0.2) is 0 Å². The third kappa shape index (κ3) is 2.28. The number of benzene rings is 2. The average molecular weight is 278 g/mol. The van der Waals surface area contributed by atoms with E-state index in [0.29, 0.717) is 18.1 Å². The molecule has 1 aromatic heterocycles. The lowest BCUT2D eigenvalue weighted by Gasteiger charge is -2.09. The van der Waals surface area contributed by atoms with Gasteiger partial charge in [-0.15, -0.1) is 0 Å². The van der Waals surface area contributed by atoms with Gasteiger partial charge < -0.3 is 10.5 Å². The minimum Gasteiger partial charge on any atom is -0.494 e. The number of aromatic nitrogens is 2. The van der Waals surface area contributed by atoms with Crippen molar-refractivity contribution in [2.24, 2.45) is 0 Å². The number of rotatable bonds is 3. The second-order valence-electron chi connectivity index (χ2n) is 4.55. The molecule has 104 valence electrons. The molecule has 0 fully saturated rings. The lowest BCUT2D eigenvalue weighted by atomic mass is 10.2. The predicted octanol–water partition coefficient (Wildman–Crippen LogP) is 2.88. The molecule has 0 bridgehead atoms. The number of imidazole rings is 1. The Kier molecular flexibility index (Phi) is 3.20. The summed E-state index contributed by atoms with van der Waals surface area (Å²) in [7, 11) is 0. The summed E-state index contributed by atoms with van der Waals surface area (Å²) in [5.74, 6) is 1.15. The monoisotopic (exact) mass is 278 g/mol. The Morgan fingerprint density at radius 2 is 2.14 bits per heavy atom. The maximum absolute atomic E-state index is 9.05. The summed E-state index contributed by atoms with van der Waals surface area (Å²) in [6, 6.07) is 15.1. The quantitative estimate of drug-likeness (QED) is 0.799. The van der Waals surface area contributed by atoms with Gasteiger partial charge in [0.05, 0.1) is 35.0 Å². The second-order valence-corrected chi connectivity index (χ2v) is 4.55. The molecule has 1 heterocycles. The third-order valence-corrected chi connectivity index (χ3v) is 3.20. The summed E-state index contributed by atoms with van der Waals surface area (Å²) in [4.78, 5) is 4.33. The van der Waals surface area contributed by atoms with Gasteiger partial charge in [0.2, 0.25) is 5.95 Å². The van der Waals surface area contributed by atoms with E-state index in [1.54, 1.807) is 18.2 Å². The molecule has 0 aliphatic heterocycles. The fraction of sp³-hybridized carbons (Fsp3) is 0.125. The number of nitrogens with two attached hydrogens (primary N) is 1. The molecule has 3 rings (SSSR count). The molecule has 0 radical (unpaired) electrons. The molecular weight excluding hydrogens is 264 g/mol. The molecule has 0 aliphatic carbocycles. The van der Waals surface area contributed by atoms with Crippen molar-refractivity contribution in [3.05, 3.63) is 48.0 Å². The normalized spacial score (nSPS) is 10.5. The number of hydrogen-bond acceptors (Lipinski definition) is 4. The molecule has 21 heavy (non-hydrogen) atoms. The van der Waals surface area contributed by atoms with Gasteiger partial charge in [-0.25, -0.2) is 4.98 Å². The molecular formula is C16H14N4O. The highest BCUT2D eigenvalue weighted by atomic mass is 16.5. The Hall–Kier alpha value is -3.00. The van der Waals surface area contributed by atoms with E-state index < -0.39 is 0 Å². The zero-order valence-electron chi connectivity index (χ0n) is 11.6. The Balaban J connectivity index is 2.21. The zero-order chi connectivity index (χ0) is 14.8. The molecule has 5 nitrogen and oxygen atoms in total. The Morgan fingerprint density at radius 1 is 1.29 bits per heavy atom. The van der Waals surface area contributed by atoms with Gasteiger partial charge in [-0.3, -0.25) is 4.57 Å². The first-order chi connectivity index (χ1) is 10.2. The number of anilines is 1. The molecule has 5 heteroatoms. The van der Waals surface area contributed by atoms with Gasteiger partial charge in [-0.1, -0.05) is 6.07 Å². The summed E-state index contributed by atoms with van der Waals surface area (Å²) in [6.45, 7) is 2.54. The minimum atomic E-state index is 0.383. The van der Waals surface area contributed by atoms with E-state index in [0.717, 1.165) is 22.5 Å². The summed E-state index contributed by atoms with van der Waals surface area (Å²) >= 11 is 0. The van der Waals surface area contributed by atoms with Crippen LogP contribution in [0, 0.1) is 11.3 Å². The number of nitriles is 1. The number of hydrogen-bond donors (Lipinski definition) is 1. The molecule has 0 amide bonds. The molecule has 2 aromatic carbocycles. The van der Waals surface area contributed by atoms with Crippen molar-refractivity contribution in [1.82, 2.24) is 9.55 Å². The molecule has 0 aliphatic rings. The highest BCUT2D eigenvalue weighted by Crippen LogP contribution is 2.26. The van der Waals surface area contributed by atoms with Crippen LogP contribution in [0.25, 0.3) is 16.7 Å². The lowest BCUT2D eigenvalue weighted by Crippen LogP contribution is -2.01. The van der Waals surface area contributed by atoms with Crippen LogP contribution in [0.2, 0.25) is 0 Å². The first-order valence-corrected chi connectivity index (χ1v) is 6.64. The topological polar surface area (TPSA) is 76.9 Å². The first kappa shape index (κ1) is 13.0. The van der Waals surface area contributed by atoms with Crippen LogP contribution in [-0.2, 0) is 0 Å². The highest BCUT2D eigenvalue weighted by Gasteiger charge is 2.11. The van der Waals surface area contributed by atoms with Gasteiger partial charge in [-0.05, 0) is 37.3 Å². The standard InChI is InChI=1S/C16H14N4O/c1-2-21-13-5-3-4-12(9-13)20-15-8-11(10-17)6-7-14(15)19-16(20)18/h3-9H,2H2,1H3,(H2,18,19). The molecule has 2 N–H and O–H groups in total. The Morgan fingerprint density at radius 3 is 2.90 bits per heavy atom. The van der Waals surface area contributed by atoms with Gasteiger partial charge in [-0.2, -0.15) is 5.26 Å². The highest BCUT2D eigenvalue weighted by molar-refractivity contribution is 5.82. The maximum atomic E-state index is 9.05. The van der Waals surface area contributed by atoms with Crippen molar-refractivity contribution in [3.8, 4) is 17.5 Å². The van der Waals surface area contributed by atoms with E-state index in [-0.39, 0.29) is 0 Å². The van der Waals surface area contributed by atoms with Crippen molar-refractivity contribution in [2.45, 2.75) is 6.92 Å². The SMILES string of the molecule is CCOc1cccc(-n2c(N)nc3ccc(C#N)cc32)c1. The number of nitrogen functional groups attached to an aromatic ring is 1. The van der Waals surface area contributed by atoms with Crippen LogP contribution in [-0.4, -0.2) is 16.2 Å². The molecule has 0 unspecified atom stereocenters. The third-order valence-electron chi connectivity index (χ3n) is 3.20. The molecule has 0 atom stereocenters. The van der Waals surface area contributed by atoms with E-state index in [9.17, 15) is 0 Å². The van der Waals surface area contributed by atoms with Crippen molar-refractivity contribution < 1.29 is 4.74 Å². The molecule has 0 saturated carbocycles. The predicted molar refractivity (Wildman–Crippen MR) is 81.4 cm³/mol. The van der Waals surface area contributed by atoms with E-state index in [1.807, 2.05) is 35.8 Å². The van der Waals surface area contributed by atoms with Crippen molar-refractivity contribution in [2.75, 3.05) is 12.3 Å². The van der Waals surface area contributed by atoms with Crippen molar-refractivity contribution >= 4 is 17.0 Å². The van der Waals surface area contributed by atoms with Crippen molar-refractivity contribution in [3.63, 3.8) is 0 Å². The Bertz CT molecular complexity index is 845. The number of fused-ring (bicyclic) bond motifs is 1. The summed E-state index contributed by atoms with van der Waals surface area (Å²) in [5.41, 5.74) is 9.02. The number of nitrogens with zero attached hydrogens (tertiary/aromatic N) is 3. The summed E-state index contributed by atoms with van der Waals surface area (Å²) in [5, 5.41) is 9.05. The molecule has 0 saturated heterocycles. The van der Waals surface area contributed by atoms with Gasteiger partial charge in [0.1, 0.15) is 5.75 Å². The smallest absolute Gasteiger partial charge is 0.205 e. The summed E-state index contributed by atoms with van der Waals surface area (Å²) < 4.78 is 7.33. The molecule has 0 spiro atoms. The van der Waals surface area contributed by atoms with Crippen LogP contribution < -0.4 is 10.5 Å². The fourth-order valence-corrected chi connectivity index (χ4v) is 2.31. The summed E-state index contributed by atoms with van der Waals surface area (Å²) in [6.07, 6.45) is 0. The largest absolute Gasteiger partial charge is 0.494 e. The Labute approximate surface area is 122 Å². The average Bonchev–Trinajstić information content (AvgIpc) is 2.82. The van der Waals surface area contributed by atoms with Gasteiger partial charge >= 0.3 is 0 Å². The van der Waals surface area contributed by atoms with Crippen LogP contribution in [0.3, 0.4) is 0 Å². The van der Waals surface area contributed by atoms with Crippen LogP contribution in [0.15, 0.2) is 42.5 Å². The lowest BCUT2D eigenvalue weighted by molar-refractivity contribution is 0.340.